The van der Waals surface area contributed by atoms with Crippen molar-refractivity contribution < 1.29 is 4.79 Å². The maximum Gasteiger partial charge on any atom is 0.317 e. The number of carbonyl (C=O) groups excluding carboxylic acids is 1. The van der Waals surface area contributed by atoms with Crippen molar-refractivity contribution in [2.24, 2.45) is 7.05 Å². The quantitative estimate of drug-likeness (QED) is 0.421. The third-order valence-electron chi connectivity index (χ3n) is 6.09. The Balaban J connectivity index is 1.25. The lowest BCUT2D eigenvalue weighted by atomic mass is 10.2. The Kier molecular flexibility index (Phi) is 7.15. The minimum Gasteiger partial charge on any atom is -0.369 e. The number of aromatic nitrogens is 2. The van der Waals surface area contributed by atoms with E-state index in [1.165, 1.54) is 9.13 Å². The molecule has 1 aromatic heterocycles. The number of anilines is 1. The van der Waals surface area contributed by atoms with Crippen LogP contribution in [-0.2, 0) is 18.4 Å². The molecule has 0 bridgehead atoms. The van der Waals surface area contributed by atoms with Gasteiger partial charge >= 0.3 is 11.1 Å². The maximum absolute atomic E-state index is 12.5. The van der Waals surface area contributed by atoms with Crippen LogP contribution in [0.2, 0.25) is 5.02 Å². The molecule has 1 aliphatic rings. The van der Waals surface area contributed by atoms with Crippen LogP contribution >= 0.6 is 11.6 Å². The molecule has 1 fully saturated rings. The summed E-state index contributed by atoms with van der Waals surface area (Å²) in [5.41, 5.74) is 0.999. The highest BCUT2D eigenvalue weighted by molar-refractivity contribution is 6.30. The second kappa shape index (κ2) is 10.2. The number of amides is 1. The molecule has 0 saturated carbocycles. The molecule has 0 aliphatic carbocycles. The molecule has 0 unspecified atom stereocenters. The van der Waals surface area contributed by atoms with Gasteiger partial charge in [-0.2, -0.15) is 0 Å². The second-order valence-electron chi connectivity index (χ2n) is 8.26. The molecule has 9 heteroatoms. The van der Waals surface area contributed by atoms with Crippen molar-refractivity contribution in [1.29, 1.82) is 0 Å². The Morgan fingerprint density at radius 2 is 1.70 bits per heavy atom. The number of nitrogens with zero attached hydrogens (tertiary/aromatic N) is 4. The lowest BCUT2D eigenvalue weighted by Crippen LogP contribution is -2.47. The Morgan fingerprint density at radius 1 is 0.970 bits per heavy atom. The summed E-state index contributed by atoms with van der Waals surface area (Å²) in [5, 5.41) is 3.63. The number of fused-ring (bicyclic) bond motifs is 1. The number of hydrogen-bond donors (Lipinski definition) is 1. The van der Waals surface area contributed by atoms with E-state index in [9.17, 15) is 14.4 Å². The number of aryl methyl sites for hydroxylation is 1. The molecular weight excluding hydrogens is 442 g/mol. The average Bonchev–Trinajstić information content (AvgIpc) is 2.83. The fourth-order valence-electron chi connectivity index (χ4n) is 4.24. The number of hydrogen-bond acceptors (Lipinski definition) is 5. The van der Waals surface area contributed by atoms with Crippen molar-refractivity contribution in [2.45, 2.75) is 13.0 Å². The smallest absolute Gasteiger partial charge is 0.317 e. The van der Waals surface area contributed by atoms with Gasteiger partial charge in [-0.05, 0) is 43.3 Å². The third-order valence-corrected chi connectivity index (χ3v) is 6.32. The van der Waals surface area contributed by atoms with E-state index in [0.717, 1.165) is 49.9 Å². The van der Waals surface area contributed by atoms with Gasteiger partial charge in [0.2, 0.25) is 5.91 Å². The number of piperazine rings is 1. The summed E-state index contributed by atoms with van der Waals surface area (Å²) in [7, 11) is 1.56. The molecule has 0 radical (unpaired) electrons. The summed E-state index contributed by atoms with van der Waals surface area (Å²) in [6, 6.07) is 15.0. The minimum atomic E-state index is -0.691. The Labute approximate surface area is 197 Å². The molecule has 1 aliphatic heterocycles. The lowest BCUT2D eigenvalue weighted by Gasteiger charge is -2.36. The van der Waals surface area contributed by atoms with E-state index in [1.807, 2.05) is 18.2 Å². The van der Waals surface area contributed by atoms with Gasteiger partial charge in [0.25, 0.3) is 0 Å². The van der Waals surface area contributed by atoms with Crippen molar-refractivity contribution in [3.8, 4) is 0 Å². The van der Waals surface area contributed by atoms with Crippen LogP contribution in [0.25, 0.3) is 11.0 Å². The molecule has 1 amide bonds. The van der Waals surface area contributed by atoms with E-state index < -0.39 is 11.1 Å². The molecule has 0 atom stereocenters. The number of benzene rings is 2. The lowest BCUT2D eigenvalue weighted by molar-refractivity contribution is -0.121. The minimum absolute atomic E-state index is 0.173. The van der Waals surface area contributed by atoms with Crippen LogP contribution in [0.4, 0.5) is 5.69 Å². The molecule has 8 nitrogen and oxygen atoms in total. The first kappa shape index (κ1) is 23.1. The molecule has 0 spiro atoms. The van der Waals surface area contributed by atoms with Crippen molar-refractivity contribution in [1.82, 2.24) is 19.4 Å². The molecule has 2 heterocycles. The largest absolute Gasteiger partial charge is 0.369 e. The van der Waals surface area contributed by atoms with Gasteiger partial charge in [0.1, 0.15) is 6.54 Å². The predicted octanol–water partition coefficient (Wildman–Crippen LogP) is 1.68. The summed E-state index contributed by atoms with van der Waals surface area (Å²) >= 11 is 6.10. The molecule has 1 saturated heterocycles. The topological polar surface area (TPSA) is 79.6 Å². The zero-order chi connectivity index (χ0) is 23.4. The van der Waals surface area contributed by atoms with Gasteiger partial charge in [-0.15, -0.1) is 0 Å². The molecular formula is C24H28ClN5O3. The van der Waals surface area contributed by atoms with E-state index in [2.05, 4.69) is 21.2 Å². The van der Waals surface area contributed by atoms with Crippen molar-refractivity contribution in [2.75, 3.05) is 44.2 Å². The highest BCUT2D eigenvalue weighted by atomic mass is 35.5. The number of para-hydroxylation sites is 2. The van der Waals surface area contributed by atoms with Crippen molar-refractivity contribution in [3.05, 3.63) is 74.3 Å². The van der Waals surface area contributed by atoms with E-state index in [0.29, 0.717) is 17.6 Å². The van der Waals surface area contributed by atoms with Crippen molar-refractivity contribution in [3.63, 3.8) is 0 Å². The van der Waals surface area contributed by atoms with Crippen LogP contribution in [0.5, 0.6) is 0 Å². The summed E-state index contributed by atoms with van der Waals surface area (Å²) in [6.45, 7) is 5.01. The monoisotopic (exact) mass is 469 g/mol. The fourth-order valence-corrected chi connectivity index (χ4v) is 4.43. The number of nitrogens with one attached hydrogen (secondary N) is 1. The Morgan fingerprint density at radius 3 is 2.42 bits per heavy atom. The van der Waals surface area contributed by atoms with Crippen LogP contribution in [0.15, 0.2) is 58.1 Å². The molecule has 4 rings (SSSR count). The van der Waals surface area contributed by atoms with Gasteiger partial charge < -0.3 is 14.8 Å². The number of rotatable bonds is 7. The standard InChI is InChI=1S/C24H28ClN5O3/c1-27-20-8-2-3-9-21(20)30(24(33)23(27)32)17-22(31)26-10-5-11-28-12-14-29(15-13-28)19-7-4-6-18(25)16-19/h2-4,6-9,16H,5,10-15,17H2,1H3,(H,26,31). The summed E-state index contributed by atoms with van der Waals surface area (Å²) in [5.74, 6) is -0.277. The third kappa shape index (κ3) is 5.29. The van der Waals surface area contributed by atoms with Crippen LogP contribution in [0.1, 0.15) is 6.42 Å². The van der Waals surface area contributed by atoms with Gasteiger partial charge in [-0.25, -0.2) is 0 Å². The molecule has 2 aromatic carbocycles. The van der Waals surface area contributed by atoms with E-state index in [4.69, 9.17) is 11.6 Å². The first-order chi connectivity index (χ1) is 15.9. The Bertz CT molecular complexity index is 1260. The molecule has 3 aromatic rings. The molecule has 33 heavy (non-hydrogen) atoms. The van der Waals surface area contributed by atoms with Gasteiger partial charge in [0, 0.05) is 50.5 Å². The van der Waals surface area contributed by atoms with Gasteiger partial charge in [0.05, 0.1) is 11.0 Å². The zero-order valence-corrected chi connectivity index (χ0v) is 19.4. The van der Waals surface area contributed by atoms with E-state index >= 15 is 0 Å². The molecule has 1 N–H and O–H groups in total. The van der Waals surface area contributed by atoms with Gasteiger partial charge in [-0.1, -0.05) is 29.8 Å². The van der Waals surface area contributed by atoms with E-state index in [-0.39, 0.29) is 12.5 Å². The highest BCUT2D eigenvalue weighted by Gasteiger charge is 2.17. The maximum atomic E-state index is 12.5. The Hall–Kier alpha value is -3.10. The second-order valence-corrected chi connectivity index (χ2v) is 8.69. The van der Waals surface area contributed by atoms with Gasteiger partial charge in [0.15, 0.2) is 0 Å². The highest BCUT2D eigenvalue weighted by Crippen LogP contribution is 2.20. The van der Waals surface area contributed by atoms with Crippen molar-refractivity contribution >= 4 is 34.2 Å². The first-order valence-electron chi connectivity index (χ1n) is 11.1. The zero-order valence-electron chi connectivity index (χ0n) is 18.7. The van der Waals surface area contributed by atoms with Crippen LogP contribution in [0, 0.1) is 0 Å². The summed E-state index contributed by atoms with van der Waals surface area (Å²) in [6.07, 6.45) is 0.815. The fraction of sp³-hybridized carbons (Fsp3) is 0.375. The SMILES string of the molecule is Cn1c(=O)c(=O)n(CC(=O)NCCCN2CCN(c3cccc(Cl)c3)CC2)c2ccccc21. The van der Waals surface area contributed by atoms with Gasteiger partial charge in [-0.3, -0.25) is 23.9 Å². The average molecular weight is 470 g/mol. The summed E-state index contributed by atoms with van der Waals surface area (Å²) < 4.78 is 2.57. The predicted molar refractivity (Wildman–Crippen MR) is 131 cm³/mol. The summed E-state index contributed by atoms with van der Waals surface area (Å²) in [4.78, 5) is 41.9. The number of carbonyl (C=O) groups is 1. The number of halogens is 1. The van der Waals surface area contributed by atoms with Crippen LogP contribution in [0.3, 0.4) is 0 Å². The normalized spacial score (nSPS) is 14.5. The van der Waals surface area contributed by atoms with Crippen LogP contribution < -0.4 is 21.3 Å². The first-order valence-corrected chi connectivity index (χ1v) is 11.5. The van der Waals surface area contributed by atoms with E-state index in [1.54, 1.807) is 31.3 Å². The molecule has 174 valence electrons. The van der Waals surface area contributed by atoms with Crippen LogP contribution in [-0.4, -0.2) is 59.2 Å².